The summed E-state index contributed by atoms with van der Waals surface area (Å²) in [5.74, 6) is -2.11. The van der Waals surface area contributed by atoms with Gasteiger partial charge in [0.25, 0.3) is 0 Å². The van der Waals surface area contributed by atoms with Crippen LogP contribution in [0.3, 0.4) is 0 Å². The fourth-order valence-corrected chi connectivity index (χ4v) is 2.27. The number of carbonyl (C=O) groups is 1. The quantitative estimate of drug-likeness (QED) is 0.523. The van der Waals surface area contributed by atoms with Crippen molar-refractivity contribution < 1.29 is 13.6 Å². The van der Waals surface area contributed by atoms with Crippen LogP contribution >= 0.6 is 0 Å². The molecule has 0 spiro atoms. The van der Waals surface area contributed by atoms with Crippen molar-refractivity contribution in [2.24, 2.45) is 0 Å². The molecule has 120 valence electrons. The average molecular weight is 324 g/mol. The van der Waals surface area contributed by atoms with E-state index in [1.807, 2.05) is 30.3 Å². The molecule has 0 unspecified atom stereocenters. The minimum absolute atomic E-state index is 0.163. The molecular formula is C19H14F2N2O. The van der Waals surface area contributed by atoms with E-state index in [4.69, 9.17) is 0 Å². The zero-order valence-electron chi connectivity index (χ0n) is 12.7. The van der Waals surface area contributed by atoms with Crippen LogP contribution in [-0.4, -0.2) is 15.6 Å². The summed E-state index contributed by atoms with van der Waals surface area (Å²) in [5.41, 5.74) is 1.67. The Morgan fingerprint density at radius 1 is 1.12 bits per heavy atom. The lowest BCUT2D eigenvalue weighted by Crippen LogP contribution is -1.99. The van der Waals surface area contributed by atoms with Gasteiger partial charge in [-0.2, -0.15) is 5.10 Å². The number of hydrogen-bond acceptors (Lipinski definition) is 2. The Labute approximate surface area is 137 Å². The standard InChI is InChI=1S/C19H14F2N2O/c20-16-7-8-17(18(21)10-16)19(24)9-6-15-11-22-23(13-15)12-14-4-2-1-3-5-14/h1-11,13H,12H2/b9-6+. The van der Waals surface area contributed by atoms with Crippen molar-refractivity contribution >= 4 is 11.9 Å². The Balaban J connectivity index is 1.70. The topological polar surface area (TPSA) is 34.9 Å². The Kier molecular flexibility index (Phi) is 4.61. The minimum atomic E-state index is -0.871. The van der Waals surface area contributed by atoms with Crippen molar-refractivity contribution in [3.8, 4) is 0 Å². The van der Waals surface area contributed by atoms with Gasteiger partial charge >= 0.3 is 0 Å². The summed E-state index contributed by atoms with van der Waals surface area (Å²) >= 11 is 0. The molecule has 0 fully saturated rings. The van der Waals surface area contributed by atoms with E-state index in [1.165, 1.54) is 6.08 Å². The number of benzene rings is 2. The van der Waals surface area contributed by atoms with Gasteiger partial charge in [-0.15, -0.1) is 0 Å². The van der Waals surface area contributed by atoms with E-state index in [0.717, 1.165) is 23.3 Å². The zero-order valence-corrected chi connectivity index (χ0v) is 12.7. The van der Waals surface area contributed by atoms with Gasteiger partial charge in [0.2, 0.25) is 0 Å². The van der Waals surface area contributed by atoms with E-state index in [1.54, 1.807) is 23.2 Å². The van der Waals surface area contributed by atoms with Gasteiger partial charge in [-0.1, -0.05) is 30.3 Å². The van der Waals surface area contributed by atoms with Gasteiger partial charge in [0, 0.05) is 17.8 Å². The smallest absolute Gasteiger partial charge is 0.188 e. The number of halogens is 2. The summed E-state index contributed by atoms with van der Waals surface area (Å²) < 4.78 is 28.2. The molecule has 0 saturated heterocycles. The predicted octanol–water partition coefficient (Wildman–Crippen LogP) is 4.11. The summed E-state index contributed by atoms with van der Waals surface area (Å²) in [6.07, 6.45) is 6.21. The number of aromatic nitrogens is 2. The molecular weight excluding hydrogens is 310 g/mol. The maximum Gasteiger partial charge on any atom is 0.188 e. The predicted molar refractivity (Wildman–Crippen MR) is 87.5 cm³/mol. The molecule has 0 aliphatic rings. The van der Waals surface area contributed by atoms with E-state index in [-0.39, 0.29) is 5.56 Å². The first-order chi connectivity index (χ1) is 11.6. The van der Waals surface area contributed by atoms with Crippen LogP contribution < -0.4 is 0 Å². The Morgan fingerprint density at radius 2 is 1.92 bits per heavy atom. The third-order valence-corrected chi connectivity index (χ3v) is 3.46. The van der Waals surface area contributed by atoms with E-state index < -0.39 is 17.4 Å². The van der Waals surface area contributed by atoms with Crippen LogP contribution in [0.2, 0.25) is 0 Å². The highest BCUT2D eigenvalue weighted by atomic mass is 19.1. The second-order valence-corrected chi connectivity index (χ2v) is 5.28. The van der Waals surface area contributed by atoms with Gasteiger partial charge in [0.1, 0.15) is 11.6 Å². The summed E-state index contributed by atoms with van der Waals surface area (Å²) in [5, 5.41) is 4.22. The van der Waals surface area contributed by atoms with Crippen molar-refractivity contribution in [3.05, 3.63) is 95.3 Å². The normalized spacial score (nSPS) is 11.1. The van der Waals surface area contributed by atoms with Crippen LogP contribution in [0, 0.1) is 11.6 Å². The van der Waals surface area contributed by atoms with Gasteiger partial charge in [-0.05, 0) is 29.8 Å². The molecule has 0 amide bonds. The van der Waals surface area contributed by atoms with Gasteiger partial charge in [-0.25, -0.2) is 8.78 Å². The molecule has 5 heteroatoms. The van der Waals surface area contributed by atoms with E-state index in [9.17, 15) is 13.6 Å². The molecule has 0 radical (unpaired) electrons. The van der Waals surface area contributed by atoms with Crippen LogP contribution in [0.4, 0.5) is 8.78 Å². The fraction of sp³-hybridized carbons (Fsp3) is 0.0526. The molecule has 0 aliphatic carbocycles. The van der Waals surface area contributed by atoms with E-state index in [0.29, 0.717) is 12.6 Å². The lowest BCUT2D eigenvalue weighted by molar-refractivity contribution is 0.104. The molecule has 24 heavy (non-hydrogen) atoms. The number of ketones is 1. The number of allylic oxidation sites excluding steroid dienone is 1. The summed E-state index contributed by atoms with van der Waals surface area (Å²) in [4.78, 5) is 12.0. The summed E-state index contributed by atoms with van der Waals surface area (Å²) in [6, 6.07) is 12.7. The van der Waals surface area contributed by atoms with Crippen molar-refractivity contribution in [1.29, 1.82) is 0 Å². The maximum absolute atomic E-state index is 13.6. The Hall–Kier alpha value is -3.08. The average Bonchev–Trinajstić information content (AvgIpc) is 3.01. The highest BCUT2D eigenvalue weighted by Gasteiger charge is 2.09. The Morgan fingerprint density at radius 3 is 2.67 bits per heavy atom. The number of rotatable bonds is 5. The number of nitrogens with zero attached hydrogens (tertiary/aromatic N) is 2. The first-order valence-corrected chi connectivity index (χ1v) is 7.36. The van der Waals surface area contributed by atoms with Crippen LogP contribution in [0.1, 0.15) is 21.5 Å². The molecule has 3 rings (SSSR count). The van der Waals surface area contributed by atoms with Gasteiger partial charge in [0.05, 0.1) is 18.3 Å². The monoisotopic (exact) mass is 324 g/mol. The molecule has 1 aromatic heterocycles. The van der Waals surface area contributed by atoms with Crippen molar-refractivity contribution in [1.82, 2.24) is 9.78 Å². The Bertz CT molecular complexity index is 885. The van der Waals surface area contributed by atoms with Crippen molar-refractivity contribution in [2.45, 2.75) is 6.54 Å². The maximum atomic E-state index is 13.6. The minimum Gasteiger partial charge on any atom is -0.289 e. The first-order valence-electron chi connectivity index (χ1n) is 7.36. The molecule has 2 aromatic carbocycles. The van der Waals surface area contributed by atoms with Crippen LogP contribution in [0.15, 0.2) is 67.0 Å². The third kappa shape index (κ3) is 3.81. The second-order valence-electron chi connectivity index (χ2n) is 5.28. The van der Waals surface area contributed by atoms with E-state index in [2.05, 4.69) is 5.10 Å². The van der Waals surface area contributed by atoms with E-state index >= 15 is 0 Å². The summed E-state index contributed by atoms with van der Waals surface area (Å²) in [7, 11) is 0. The number of hydrogen-bond donors (Lipinski definition) is 0. The first kappa shape index (κ1) is 15.8. The summed E-state index contributed by atoms with van der Waals surface area (Å²) in [6.45, 7) is 0.620. The van der Waals surface area contributed by atoms with Crippen LogP contribution in [0.5, 0.6) is 0 Å². The molecule has 0 aliphatic heterocycles. The molecule has 0 saturated carbocycles. The molecule has 3 nitrogen and oxygen atoms in total. The van der Waals surface area contributed by atoms with Crippen molar-refractivity contribution in [3.63, 3.8) is 0 Å². The SMILES string of the molecule is O=C(/C=C/c1cnn(Cc2ccccc2)c1)c1ccc(F)cc1F. The van der Waals surface area contributed by atoms with Gasteiger partial charge in [-0.3, -0.25) is 9.48 Å². The van der Waals surface area contributed by atoms with Crippen molar-refractivity contribution in [2.75, 3.05) is 0 Å². The highest BCUT2D eigenvalue weighted by Crippen LogP contribution is 2.12. The van der Waals surface area contributed by atoms with Crippen LogP contribution in [0.25, 0.3) is 6.08 Å². The molecule has 3 aromatic rings. The van der Waals surface area contributed by atoms with Gasteiger partial charge < -0.3 is 0 Å². The lowest BCUT2D eigenvalue weighted by Gasteiger charge is -2.00. The molecule has 0 bridgehead atoms. The highest BCUT2D eigenvalue weighted by molar-refractivity contribution is 6.06. The van der Waals surface area contributed by atoms with Crippen LogP contribution in [-0.2, 0) is 6.54 Å². The third-order valence-electron chi connectivity index (χ3n) is 3.46. The number of carbonyl (C=O) groups excluding carboxylic acids is 1. The zero-order chi connectivity index (χ0) is 16.9. The lowest BCUT2D eigenvalue weighted by atomic mass is 10.1. The fourth-order valence-electron chi connectivity index (χ4n) is 2.27. The molecule has 0 atom stereocenters. The molecule has 0 N–H and O–H groups in total. The second kappa shape index (κ2) is 7.00. The van der Waals surface area contributed by atoms with Gasteiger partial charge in [0.15, 0.2) is 5.78 Å². The largest absolute Gasteiger partial charge is 0.289 e. The molecule has 1 heterocycles.